The maximum atomic E-state index is 10.1. The first-order valence-electron chi connectivity index (χ1n) is 5.14. The molecule has 1 aromatic carbocycles. The highest BCUT2D eigenvalue weighted by Crippen LogP contribution is 2.32. The topological polar surface area (TPSA) is 29.5 Å². The minimum Gasteiger partial charge on any atom is -0.495 e. The summed E-state index contributed by atoms with van der Waals surface area (Å²) in [6.07, 6.45) is 3.11. The van der Waals surface area contributed by atoms with Gasteiger partial charge in [-0.2, -0.15) is 0 Å². The number of aliphatic hydroxyl groups excluding tert-OH is 1. The highest BCUT2D eigenvalue weighted by Gasteiger charge is 2.19. The number of ether oxygens (including phenoxy) is 1. The lowest BCUT2D eigenvalue weighted by molar-refractivity contribution is 0.0918. The van der Waals surface area contributed by atoms with Gasteiger partial charge in [0.05, 0.1) is 6.61 Å². The summed E-state index contributed by atoms with van der Waals surface area (Å²) in [6.45, 7) is 0.664. The number of allylic oxidation sites excluding steroid dienone is 1. The molecule has 86 valence electrons. The summed E-state index contributed by atoms with van der Waals surface area (Å²) < 4.78 is 6.32. The van der Waals surface area contributed by atoms with Gasteiger partial charge in [0, 0.05) is 15.1 Å². The van der Waals surface area contributed by atoms with Crippen LogP contribution in [0.15, 0.2) is 34.5 Å². The number of rotatable bonds is 2. The molecule has 4 heteroatoms. The van der Waals surface area contributed by atoms with E-state index in [1.807, 2.05) is 12.1 Å². The Morgan fingerprint density at radius 3 is 2.88 bits per heavy atom. The Balaban J connectivity index is 2.26. The lowest BCUT2D eigenvalue weighted by atomic mass is 10.1. The van der Waals surface area contributed by atoms with Crippen LogP contribution in [0.3, 0.4) is 0 Å². The van der Waals surface area contributed by atoms with Gasteiger partial charge in [0.15, 0.2) is 0 Å². The van der Waals surface area contributed by atoms with Crippen LogP contribution in [0.5, 0.6) is 0 Å². The standard InChI is InChI=1S/C12H12BrClO2/c13-8-4-5-9(10(14)7-8)12(15)11-3-1-2-6-16-11/h3-5,7,12,15H,1-2,6H2. The SMILES string of the molecule is OC(C1=CCCCO1)c1ccc(Br)cc1Cl. The van der Waals surface area contributed by atoms with Crippen molar-refractivity contribution >= 4 is 27.5 Å². The molecule has 0 aliphatic carbocycles. The monoisotopic (exact) mass is 302 g/mol. The average molecular weight is 304 g/mol. The average Bonchev–Trinajstić information content (AvgIpc) is 2.29. The Labute approximate surface area is 108 Å². The van der Waals surface area contributed by atoms with E-state index in [2.05, 4.69) is 15.9 Å². The van der Waals surface area contributed by atoms with Crippen LogP contribution in [0.1, 0.15) is 24.5 Å². The van der Waals surface area contributed by atoms with Crippen molar-refractivity contribution in [2.75, 3.05) is 6.61 Å². The van der Waals surface area contributed by atoms with E-state index < -0.39 is 6.10 Å². The molecule has 1 N–H and O–H groups in total. The number of aliphatic hydroxyl groups is 1. The molecule has 1 aliphatic rings. The number of hydrogen-bond donors (Lipinski definition) is 1. The predicted octanol–water partition coefficient (Wildman–Crippen LogP) is 3.83. The quantitative estimate of drug-likeness (QED) is 0.900. The Morgan fingerprint density at radius 2 is 2.25 bits per heavy atom. The van der Waals surface area contributed by atoms with Crippen molar-refractivity contribution in [3.05, 3.63) is 45.1 Å². The van der Waals surface area contributed by atoms with Gasteiger partial charge in [0.25, 0.3) is 0 Å². The second kappa shape index (κ2) is 5.21. The van der Waals surface area contributed by atoms with Crippen molar-refractivity contribution in [2.45, 2.75) is 18.9 Å². The van der Waals surface area contributed by atoms with E-state index in [-0.39, 0.29) is 0 Å². The first-order valence-corrected chi connectivity index (χ1v) is 6.31. The third-order valence-electron chi connectivity index (χ3n) is 2.49. The molecule has 2 rings (SSSR count). The molecule has 0 spiro atoms. The summed E-state index contributed by atoms with van der Waals surface area (Å²) in [4.78, 5) is 0. The van der Waals surface area contributed by atoms with Crippen LogP contribution >= 0.6 is 27.5 Å². The van der Waals surface area contributed by atoms with Gasteiger partial charge in [-0.1, -0.05) is 33.6 Å². The summed E-state index contributed by atoms with van der Waals surface area (Å²) in [6, 6.07) is 5.42. The van der Waals surface area contributed by atoms with E-state index >= 15 is 0 Å². The second-order valence-electron chi connectivity index (χ2n) is 3.67. The molecular formula is C12H12BrClO2. The fraction of sp³-hybridized carbons (Fsp3) is 0.333. The van der Waals surface area contributed by atoms with Crippen molar-refractivity contribution in [1.82, 2.24) is 0 Å². The third kappa shape index (κ3) is 2.59. The molecule has 2 nitrogen and oxygen atoms in total. The molecule has 0 saturated heterocycles. The maximum absolute atomic E-state index is 10.1. The number of hydrogen-bond acceptors (Lipinski definition) is 2. The van der Waals surface area contributed by atoms with Gasteiger partial charge < -0.3 is 9.84 Å². The zero-order valence-corrected chi connectivity index (χ0v) is 11.0. The highest BCUT2D eigenvalue weighted by atomic mass is 79.9. The van der Waals surface area contributed by atoms with Crippen molar-refractivity contribution in [1.29, 1.82) is 0 Å². The fourth-order valence-corrected chi connectivity index (χ4v) is 2.42. The van der Waals surface area contributed by atoms with Crippen LogP contribution in [0.4, 0.5) is 0 Å². The summed E-state index contributed by atoms with van der Waals surface area (Å²) in [5, 5.41) is 10.7. The predicted molar refractivity (Wildman–Crippen MR) is 67.4 cm³/mol. The minimum atomic E-state index is -0.763. The van der Waals surface area contributed by atoms with Crippen LogP contribution in [0.2, 0.25) is 5.02 Å². The summed E-state index contributed by atoms with van der Waals surface area (Å²) in [5.41, 5.74) is 0.679. The van der Waals surface area contributed by atoms with Gasteiger partial charge >= 0.3 is 0 Å². The van der Waals surface area contributed by atoms with Crippen LogP contribution in [-0.2, 0) is 4.74 Å². The van der Waals surface area contributed by atoms with Gasteiger partial charge in [0.1, 0.15) is 11.9 Å². The van der Waals surface area contributed by atoms with E-state index in [0.717, 1.165) is 17.3 Å². The van der Waals surface area contributed by atoms with E-state index in [0.29, 0.717) is 23.0 Å². The molecule has 1 aromatic rings. The molecule has 1 aliphatic heterocycles. The summed E-state index contributed by atoms with van der Waals surface area (Å²) in [5.74, 6) is 0.607. The minimum absolute atomic E-state index is 0.539. The molecule has 16 heavy (non-hydrogen) atoms. The third-order valence-corrected chi connectivity index (χ3v) is 3.31. The second-order valence-corrected chi connectivity index (χ2v) is 4.99. The Hall–Kier alpha value is -0.510. The summed E-state index contributed by atoms with van der Waals surface area (Å²) in [7, 11) is 0. The van der Waals surface area contributed by atoms with Gasteiger partial charge in [-0.15, -0.1) is 0 Å². The van der Waals surface area contributed by atoms with Gasteiger partial charge in [-0.05, 0) is 31.1 Å². The Bertz CT molecular complexity index is 417. The number of halogens is 2. The molecule has 1 heterocycles. The smallest absolute Gasteiger partial charge is 0.137 e. The van der Waals surface area contributed by atoms with Crippen molar-refractivity contribution < 1.29 is 9.84 Å². The van der Waals surface area contributed by atoms with E-state index in [1.54, 1.807) is 12.1 Å². The van der Waals surface area contributed by atoms with Gasteiger partial charge in [-0.25, -0.2) is 0 Å². The van der Waals surface area contributed by atoms with Gasteiger partial charge in [0.2, 0.25) is 0 Å². The Kier molecular flexibility index (Phi) is 3.90. The normalized spacial score (nSPS) is 17.6. The van der Waals surface area contributed by atoms with Crippen molar-refractivity contribution in [3.8, 4) is 0 Å². The van der Waals surface area contributed by atoms with E-state index in [4.69, 9.17) is 16.3 Å². The molecule has 1 atom stereocenters. The molecule has 0 bridgehead atoms. The van der Waals surface area contributed by atoms with Crippen LogP contribution < -0.4 is 0 Å². The van der Waals surface area contributed by atoms with E-state index in [1.165, 1.54) is 0 Å². The van der Waals surface area contributed by atoms with Crippen LogP contribution in [-0.4, -0.2) is 11.7 Å². The molecule has 0 radical (unpaired) electrons. The van der Waals surface area contributed by atoms with Crippen LogP contribution in [0, 0.1) is 0 Å². The first-order chi connectivity index (χ1) is 7.68. The molecule has 0 fully saturated rings. The molecule has 1 unspecified atom stereocenters. The maximum Gasteiger partial charge on any atom is 0.137 e. The largest absolute Gasteiger partial charge is 0.495 e. The molecular weight excluding hydrogens is 291 g/mol. The Morgan fingerprint density at radius 1 is 1.44 bits per heavy atom. The zero-order valence-electron chi connectivity index (χ0n) is 8.62. The van der Waals surface area contributed by atoms with Crippen LogP contribution in [0.25, 0.3) is 0 Å². The van der Waals surface area contributed by atoms with Gasteiger partial charge in [-0.3, -0.25) is 0 Å². The lowest BCUT2D eigenvalue weighted by Gasteiger charge is -2.20. The van der Waals surface area contributed by atoms with E-state index in [9.17, 15) is 5.11 Å². The number of benzene rings is 1. The summed E-state index contributed by atoms with van der Waals surface area (Å²) >= 11 is 9.40. The van der Waals surface area contributed by atoms with Crippen molar-refractivity contribution in [2.24, 2.45) is 0 Å². The zero-order chi connectivity index (χ0) is 11.5. The first kappa shape index (κ1) is 12.0. The lowest BCUT2D eigenvalue weighted by Crippen LogP contribution is -2.10. The molecule has 0 aromatic heterocycles. The molecule has 0 saturated carbocycles. The van der Waals surface area contributed by atoms with Crippen molar-refractivity contribution in [3.63, 3.8) is 0 Å². The highest BCUT2D eigenvalue weighted by molar-refractivity contribution is 9.10. The fourth-order valence-electron chi connectivity index (χ4n) is 1.64. The molecule has 0 amide bonds.